The van der Waals surface area contributed by atoms with Gasteiger partial charge in [0.2, 0.25) is 0 Å². The molecule has 0 bridgehead atoms. The van der Waals surface area contributed by atoms with Gasteiger partial charge in [-0.05, 0) is 58.7 Å². The largest absolute Gasteiger partial charge is 0.573 e. The summed E-state index contributed by atoms with van der Waals surface area (Å²) in [5.41, 5.74) is 1.71. The molecule has 0 saturated heterocycles. The second kappa shape index (κ2) is 6.34. The highest BCUT2D eigenvalue weighted by Crippen LogP contribution is 2.33. The van der Waals surface area contributed by atoms with Crippen molar-refractivity contribution >= 4 is 21.6 Å². The third-order valence-corrected chi connectivity index (χ3v) is 3.37. The van der Waals surface area contributed by atoms with E-state index in [1.807, 2.05) is 19.1 Å². The maximum Gasteiger partial charge on any atom is 0.573 e. The summed E-state index contributed by atoms with van der Waals surface area (Å²) in [5.74, 6) is -0.274. The number of hydrogen-bond donors (Lipinski definition) is 1. The van der Waals surface area contributed by atoms with Crippen LogP contribution in [0.5, 0.6) is 5.75 Å². The van der Waals surface area contributed by atoms with Crippen LogP contribution in [0.2, 0.25) is 0 Å². The molecule has 21 heavy (non-hydrogen) atoms. The van der Waals surface area contributed by atoms with Crippen molar-refractivity contribution in [2.45, 2.75) is 19.3 Å². The average molecular weight is 361 g/mol. The normalized spacial score (nSPS) is 12.8. The maximum absolute atomic E-state index is 12.2. The molecule has 2 aromatic rings. The first-order chi connectivity index (χ1) is 9.85. The number of halogens is 4. The Morgan fingerprint density at radius 2 is 1.86 bits per heavy atom. The minimum atomic E-state index is -4.71. The highest BCUT2D eigenvalue weighted by molar-refractivity contribution is 9.10. The lowest BCUT2D eigenvalue weighted by Gasteiger charge is -2.17. The van der Waals surface area contributed by atoms with Gasteiger partial charge in [-0.1, -0.05) is 0 Å². The van der Waals surface area contributed by atoms with Gasteiger partial charge in [0.25, 0.3) is 0 Å². The zero-order chi connectivity index (χ0) is 15.5. The Hall–Kier alpha value is -1.76. The van der Waals surface area contributed by atoms with E-state index in [-0.39, 0.29) is 16.3 Å². The minimum absolute atomic E-state index is 0.00529. The van der Waals surface area contributed by atoms with E-state index >= 15 is 0 Å². The van der Waals surface area contributed by atoms with Crippen molar-refractivity contribution in [2.24, 2.45) is 0 Å². The summed E-state index contributed by atoms with van der Waals surface area (Å²) in [4.78, 5) is 3.94. The molecule has 3 nitrogen and oxygen atoms in total. The van der Waals surface area contributed by atoms with Gasteiger partial charge in [0.1, 0.15) is 5.75 Å². The van der Waals surface area contributed by atoms with Crippen molar-refractivity contribution in [3.63, 3.8) is 0 Å². The summed E-state index contributed by atoms with van der Waals surface area (Å²) in [6.07, 6.45) is -1.34. The van der Waals surface area contributed by atoms with Gasteiger partial charge < -0.3 is 10.1 Å². The number of nitrogens with one attached hydrogen (secondary N) is 1. The number of anilines is 1. The van der Waals surface area contributed by atoms with Gasteiger partial charge in [-0.15, -0.1) is 13.2 Å². The number of alkyl halides is 3. The molecule has 0 saturated carbocycles. The third kappa shape index (κ3) is 4.63. The SMILES string of the molecule is CC(Nc1ccc(OC(F)(F)F)c(Br)c1)c1ccncc1. The van der Waals surface area contributed by atoms with E-state index in [1.165, 1.54) is 12.1 Å². The molecule has 0 fully saturated rings. The summed E-state index contributed by atoms with van der Waals surface area (Å²) in [5, 5.41) is 3.19. The van der Waals surface area contributed by atoms with Crippen LogP contribution in [0, 0.1) is 0 Å². The van der Waals surface area contributed by atoms with Crippen molar-refractivity contribution < 1.29 is 17.9 Å². The number of ether oxygens (including phenoxy) is 1. The number of pyridine rings is 1. The van der Waals surface area contributed by atoms with Gasteiger partial charge in [0.05, 0.1) is 4.47 Å². The lowest BCUT2D eigenvalue weighted by molar-refractivity contribution is -0.274. The molecule has 1 aromatic carbocycles. The fourth-order valence-corrected chi connectivity index (χ4v) is 2.24. The predicted octanol–water partition coefficient (Wildman–Crippen LogP) is 4.92. The van der Waals surface area contributed by atoms with Crippen molar-refractivity contribution in [1.82, 2.24) is 4.98 Å². The average Bonchev–Trinajstić information content (AvgIpc) is 2.41. The first-order valence-corrected chi connectivity index (χ1v) is 6.86. The van der Waals surface area contributed by atoms with E-state index in [2.05, 4.69) is 31.0 Å². The summed E-state index contributed by atoms with van der Waals surface area (Å²) in [7, 11) is 0. The van der Waals surface area contributed by atoms with Crippen molar-refractivity contribution in [3.05, 3.63) is 52.8 Å². The number of benzene rings is 1. The van der Waals surface area contributed by atoms with Gasteiger partial charge in [0.15, 0.2) is 0 Å². The van der Waals surface area contributed by atoms with Gasteiger partial charge in [-0.2, -0.15) is 0 Å². The number of hydrogen-bond acceptors (Lipinski definition) is 3. The first kappa shape index (κ1) is 15.6. The minimum Gasteiger partial charge on any atom is -0.405 e. The third-order valence-electron chi connectivity index (χ3n) is 2.75. The predicted molar refractivity (Wildman–Crippen MR) is 77.1 cm³/mol. The fraction of sp³-hybridized carbons (Fsp3) is 0.214. The highest BCUT2D eigenvalue weighted by Gasteiger charge is 2.31. The molecule has 0 aliphatic rings. The Balaban J connectivity index is 2.10. The van der Waals surface area contributed by atoms with Gasteiger partial charge in [-0.3, -0.25) is 4.98 Å². The molecule has 1 atom stereocenters. The molecule has 1 N–H and O–H groups in total. The van der Waals surface area contributed by atoms with E-state index in [4.69, 9.17) is 0 Å². The van der Waals surface area contributed by atoms with Crippen LogP contribution in [0.15, 0.2) is 47.2 Å². The second-order valence-electron chi connectivity index (χ2n) is 4.34. The molecule has 0 amide bonds. The monoisotopic (exact) mass is 360 g/mol. The summed E-state index contributed by atoms with van der Waals surface area (Å²) < 4.78 is 40.7. The molecule has 7 heteroatoms. The van der Waals surface area contributed by atoms with Gasteiger partial charge in [-0.25, -0.2) is 0 Å². The van der Waals surface area contributed by atoms with Gasteiger partial charge >= 0.3 is 6.36 Å². The highest BCUT2D eigenvalue weighted by atomic mass is 79.9. The van der Waals surface area contributed by atoms with Crippen molar-refractivity contribution in [1.29, 1.82) is 0 Å². The van der Waals surface area contributed by atoms with Crippen LogP contribution in [0.4, 0.5) is 18.9 Å². The van der Waals surface area contributed by atoms with Crippen LogP contribution in [0.3, 0.4) is 0 Å². The smallest absolute Gasteiger partial charge is 0.405 e. The van der Waals surface area contributed by atoms with Crippen LogP contribution >= 0.6 is 15.9 Å². The van der Waals surface area contributed by atoms with Crippen molar-refractivity contribution in [2.75, 3.05) is 5.32 Å². The summed E-state index contributed by atoms with van der Waals surface area (Å²) >= 11 is 3.07. The molecular formula is C14H12BrF3N2O. The Bertz CT molecular complexity index is 605. The van der Waals surface area contributed by atoms with E-state index in [1.54, 1.807) is 18.5 Å². The fourth-order valence-electron chi connectivity index (χ4n) is 1.78. The molecule has 0 radical (unpaired) electrons. The van der Waals surface area contributed by atoms with Gasteiger partial charge in [0, 0.05) is 24.1 Å². The van der Waals surface area contributed by atoms with Crippen molar-refractivity contribution in [3.8, 4) is 5.75 Å². The zero-order valence-electron chi connectivity index (χ0n) is 11.0. The topological polar surface area (TPSA) is 34.1 Å². The molecule has 0 aliphatic heterocycles. The van der Waals surface area contributed by atoms with E-state index < -0.39 is 6.36 Å². The Kier molecular flexibility index (Phi) is 4.72. The van der Waals surface area contributed by atoms with E-state index in [0.717, 1.165) is 5.56 Å². The lowest BCUT2D eigenvalue weighted by Crippen LogP contribution is -2.17. The molecule has 0 spiro atoms. The number of rotatable bonds is 4. The number of aromatic nitrogens is 1. The van der Waals surface area contributed by atoms with Crippen LogP contribution in [0.1, 0.15) is 18.5 Å². The Labute approximate surface area is 128 Å². The van der Waals surface area contributed by atoms with Crippen LogP contribution in [-0.4, -0.2) is 11.3 Å². The molecule has 0 aliphatic carbocycles. The van der Waals surface area contributed by atoms with Crippen LogP contribution in [0.25, 0.3) is 0 Å². The Morgan fingerprint density at radius 1 is 1.19 bits per heavy atom. The standard InChI is InChI=1S/C14H12BrF3N2O/c1-9(10-4-6-19-7-5-10)20-11-2-3-13(12(15)8-11)21-14(16,17)18/h2-9,20H,1H3. The lowest BCUT2D eigenvalue weighted by atomic mass is 10.1. The molecule has 1 unspecified atom stereocenters. The second-order valence-corrected chi connectivity index (χ2v) is 5.19. The summed E-state index contributed by atoms with van der Waals surface area (Å²) in [6.45, 7) is 1.95. The van der Waals surface area contributed by atoms with E-state index in [9.17, 15) is 13.2 Å². The molecule has 1 heterocycles. The Morgan fingerprint density at radius 3 is 2.43 bits per heavy atom. The van der Waals surface area contributed by atoms with E-state index in [0.29, 0.717) is 5.69 Å². The molecule has 1 aromatic heterocycles. The molecule has 2 rings (SSSR count). The van der Waals surface area contributed by atoms with Crippen LogP contribution in [-0.2, 0) is 0 Å². The quantitative estimate of drug-likeness (QED) is 0.840. The number of nitrogens with zero attached hydrogens (tertiary/aromatic N) is 1. The first-order valence-electron chi connectivity index (χ1n) is 6.07. The maximum atomic E-state index is 12.2. The molecule has 112 valence electrons. The summed E-state index contributed by atoms with van der Waals surface area (Å²) in [6, 6.07) is 8.07. The molecular weight excluding hydrogens is 349 g/mol. The van der Waals surface area contributed by atoms with Crippen LogP contribution < -0.4 is 10.1 Å². The zero-order valence-corrected chi connectivity index (χ0v) is 12.6.